The number of alkyl halides is 3. The maximum atomic E-state index is 12.5. The van der Waals surface area contributed by atoms with Gasteiger partial charge < -0.3 is 0 Å². The average Bonchev–Trinajstić information content (AvgIpc) is 3.36. The van der Waals surface area contributed by atoms with Gasteiger partial charge in [0.25, 0.3) is 0 Å². The smallest absolute Gasteiger partial charge is 0.273 e. The fourth-order valence-corrected chi connectivity index (χ4v) is 2.44. The quantitative estimate of drug-likeness (QED) is 0.842. The van der Waals surface area contributed by atoms with E-state index in [2.05, 4.69) is 10.9 Å². The number of carbonyl (C=O) groups excluding carboxylic acids is 2. The molecule has 0 heterocycles. The maximum absolute atomic E-state index is 12.5. The van der Waals surface area contributed by atoms with Crippen molar-refractivity contribution in [2.45, 2.75) is 31.4 Å². The van der Waals surface area contributed by atoms with Crippen molar-refractivity contribution in [3.8, 4) is 0 Å². The Morgan fingerprint density at radius 3 is 2.14 bits per heavy atom. The molecule has 1 aromatic carbocycles. The van der Waals surface area contributed by atoms with E-state index >= 15 is 0 Å². The molecule has 3 rings (SSSR count). The Balaban J connectivity index is 1.52. The van der Waals surface area contributed by atoms with Crippen molar-refractivity contribution in [3.05, 3.63) is 35.4 Å². The molecule has 2 amide bonds. The summed E-state index contributed by atoms with van der Waals surface area (Å²) >= 11 is 0. The van der Waals surface area contributed by atoms with E-state index in [-0.39, 0.29) is 29.6 Å². The molecule has 7 heteroatoms. The van der Waals surface area contributed by atoms with Crippen LogP contribution in [-0.2, 0) is 15.8 Å². The highest BCUT2D eigenvalue weighted by Crippen LogP contribution is 2.47. The second-order valence-corrected chi connectivity index (χ2v) is 5.82. The van der Waals surface area contributed by atoms with Gasteiger partial charge >= 0.3 is 6.18 Å². The summed E-state index contributed by atoms with van der Waals surface area (Å²) in [7, 11) is 0. The van der Waals surface area contributed by atoms with Crippen LogP contribution in [0.15, 0.2) is 24.3 Å². The average molecular weight is 312 g/mol. The van der Waals surface area contributed by atoms with Gasteiger partial charge in [-0.05, 0) is 42.9 Å². The van der Waals surface area contributed by atoms with Crippen LogP contribution in [0.25, 0.3) is 0 Å². The molecule has 2 unspecified atom stereocenters. The van der Waals surface area contributed by atoms with Gasteiger partial charge in [0.2, 0.25) is 11.8 Å². The predicted octanol–water partition coefficient (Wildman–Crippen LogP) is 2.37. The Morgan fingerprint density at radius 1 is 1.00 bits per heavy atom. The van der Waals surface area contributed by atoms with Crippen molar-refractivity contribution in [3.63, 3.8) is 0 Å². The zero-order chi connectivity index (χ0) is 15.9. The number of carbonyl (C=O) groups is 2. The van der Waals surface area contributed by atoms with Crippen LogP contribution in [0.1, 0.15) is 36.3 Å². The summed E-state index contributed by atoms with van der Waals surface area (Å²) in [5, 5.41) is 0. The summed E-state index contributed by atoms with van der Waals surface area (Å²) < 4.78 is 37.4. The Labute approximate surface area is 125 Å². The highest BCUT2D eigenvalue weighted by Gasteiger charge is 2.44. The van der Waals surface area contributed by atoms with E-state index in [1.807, 2.05) is 0 Å². The molecule has 2 N–H and O–H groups in total. The SMILES string of the molecule is O=C(NNC(=O)C1CC1c1ccc(C(F)(F)F)cc1)C1CC1. The fourth-order valence-electron chi connectivity index (χ4n) is 2.44. The molecule has 0 aliphatic heterocycles. The minimum absolute atomic E-state index is 0.00483. The van der Waals surface area contributed by atoms with Gasteiger partial charge in [0.15, 0.2) is 0 Å². The molecule has 4 nitrogen and oxygen atoms in total. The normalized spacial score (nSPS) is 23.8. The molecular formula is C15H15F3N2O2. The van der Waals surface area contributed by atoms with E-state index in [9.17, 15) is 22.8 Å². The minimum atomic E-state index is -4.36. The third-order valence-electron chi connectivity index (χ3n) is 4.05. The first-order valence-electron chi connectivity index (χ1n) is 7.13. The third-order valence-corrected chi connectivity index (χ3v) is 4.05. The van der Waals surface area contributed by atoms with Crippen molar-refractivity contribution in [2.24, 2.45) is 11.8 Å². The summed E-state index contributed by atoms with van der Waals surface area (Å²) in [6, 6.07) is 4.86. The highest BCUT2D eigenvalue weighted by molar-refractivity contribution is 5.87. The third kappa shape index (κ3) is 3.23. The maximum Gasteiger partial charge on any atom is 0.416 e. The summed E-state index contributed by atoms with van der Waals surface area (Å²) in [5.41, 5.74) is 4.77. The molecule has 2 fully saturated rings. The summed E-state index contributed by atoms with van der Waals surface area (Å²) in [4.78, 5) is 23.3. The number of hydrazine groups is 1. The van der Waals surface area contributed by atoms with Crippen molar-refractivity contribution >= 4 is 11.8 Å². The summed E-state index contributed by atoms with van der Waals surface area (Å²) in [5.74, 6) is -0.847. The van der Waals surface area contributed by atoms with Gasteiger partial charge in [-0.25, -0.2) is 0 Å². The monoisotopic (exact) mass is 312 g/mol. The largest absolute Gasteiger partial charge is 0.416 e. The van der Waals surface area contributed by atoms with Gasteiger partial charge in [0.05, 0.1) is 5.56 Å². The molecule has 0 saturated heterocycles. The van der Waals surface area contributed by atoms with Crippen LogP contribution < -0.4 is 10.9 Å². The van der Waals surface area contributed by atoms with E-state index in [1.54, 1.807) is 0 Å². The Hall–Kier alpha value is -2.05. The number of benzene rings is 1. The summed E-state index contributed by atoms with van der Waals surface area (Å²) in [6.07, 6.45) is -2.08. The second kappa shape index (κ2) is 5.30. The van der Waals surface area contributed by atoms with Crippen molar-refractivity contribution < 1.29 is 22.8 Å². The lowest BCUT2D eigenvalue weighted by molar-refractivity contribution is -0.137. The van der Waals surface area contributed by atoms with Crippen LogP contribution in [0.3, 0.4) is 0 Å². The van der Waals surface area contributed by atoms with Gasteiger partial charge in [-0.1, -0.05) is 12.1 Å². The highest BCUT2D eigenvalue weighted by atomic mass is 19.4. The topological polar surface area (TPSA) is 58.2 Å². The molecule has 2 aliphatic carbocycles. The number of amides is 2. The Bertz CT molecular complexity index is 594. The zero-order valence-corrected chi connectivity index (χ0v) is 11.6. The molecule has 0 bridgehead atoms. The van der Waals surface area contributed by atoms with Gasteiger partial charge in [-0.3, -0.25) is 20.4 Å². The molecule has 22 heavy (non-hydrogen) atoms. The first-order chi connectivity index (χ1) is 10.4. The molecule has 0 aromatic heterocycles. The molecule has 0 radical (unpaired) electrons. The van der Waals surface area contributed by atoms with Crippen LogP contribution in [0.4, 0.5) is 13.2 Å². The molecule has 2 aliphatic rings. The lowest BCUT2D eigenvalue weighted by Crippen LogP contribution is -2.43. The lowest BCUT2D eigenvalue weighted by Gasteiger charge is -2.08. The first-order valence-corrected chi connectivity index (χ1v) is 7.13. The minimum Gasteiger partial charge on any atom is -0.273 e. The van der Waals surface area contributed by atoms with Crippen molar-refractivity contribution in [1.82, 2.24) is 10.9 Å². The van der Waals surface area contributed by atoms with Crippen molar-refractivity contribution in [2.75, 3.05) is 0 Å². The van der Waals surface area contributed by atoms with E-state index in [0.717, 1.165) is 25.0 Å². The van der Waals surface area contributed by atoms with Crippen LogP contribution >= 0.6 is 0 Å². The van der Waals surface area contributed by atoms with E-state index in [4.69, 9.17) is 0 Å². The van der Waals surface area contributed by atoms with E-state index in [0.29, 0.717) is 12.0 Å². The van der Waals surface area contributed by atoms with Crippen LogP contribution in [0, 0.1) is 11.8 Å². The van der Waals surface area contributed by atoms with Gasteiger partial charge in [-0.2, -0.15) is 13.2 Å². The Morgan fingerprint density at radius 2 is 1.59 bits per heavy atom. The second-order valence-electron chi connectivity index (χ2n) is 5.82. The molecule has 0 spiro atoms. The number of hydrogen-bond donors (Lipinski definition) is 2. The fraction of sp³-hybridized carbons (Fsp3) is 0.467. The molecule has 118 valence electrons. The molecule has 1 aromatic rings. The van der Waals surface area contributed by atoms with Gasteiger partial charge in [0.1, 0.15) is 0 Å². The first kappa shape index (κ1) is 14.9. The number of halogens is 3. The van der Waals surface area contributed by atoms with Crippen LogP contribution in [0.5, 0.6) is 0 Å². The molecular weight excluding hydrogens is 297 g/mol. The van der Waals surface area contributed by atoms with Crippen LogP contribution in [0.2, 0.25) is 0 Å². The van der Waals surface area contributed by atoms with Gasteiger partial charge in [0, 0.05) is 11.8 Å². The zero-order valence-electron chi connectivity index (χ0n) is 11.6. The standard InChI is InChI=1S/C15H15F3N2O2/c16-15(17,18)10-5-3-8(4-6-10)11-7-12(11)14(22)20-19-13(21)9-1-2-9/h3-6,9,11-12H,1-2,7H2,(H,19,21)(H,20,22). The number of rotatable bonds is 3. The van der Waals surface area contributed by atoms with Gasteiger partial charge in [-0.15, -0.1) is 0 Å². The number of nitrogens with one attached hydrogen (secondary N) is 2. The molecule has 2 atom stereocenters. The van der Waals surface area contributed by atoms with E-state index in [1.165, 1.54) is 12.1 Å². The molecule has 2 saturated carbocycles. The number of hydrogen-bond acceptors (Lipinski definition) is 2. The lowest BCUT2D eigenvalue weighted by atomic mass is 10.1. The van der Waals surface area contributed by atoms with Crippen molar-refractivity contribution in [1.29, 1.82) is 0 Å². The summed E-state index contributed by atoms with van der Waals surface area (Å²) in [6.45, 7) is 0. The Kier molecular flexibility index (Phi) is 3.58. The van der Waals surface area contributed by atoms with E-state index < -0.39 is 11.7 Å². The van der Waals surface area contributed by atoms with Crippen LogP contribution in [-0.4, -0.2) is 11.8 Å². The predicted molar refractivity (Wildman–Crippen MR) is 71.3 cm³/mol.